The molecule has 6 nitrogen and oxygen atoms in total. The molecular weight excluding hydrogens is 306 g/mol. The number of benzene rings is 1. The van der Waals surface area contributed by atoms with Crippen molar-refractivity contribution >= 4 is 11.6 Å². The number of ether oxygens (including phenoxy) is 1. The number of fused-ring (bicyclic) bond motifs is 1. The van der Waals surface area contributed by atoms with Gasteiger partial charge in [0.2, 0.25) is 0 Å². The maximum atomic E-state index is 11.8. The molecule has 0 saturated carbocycles. The number of aryl methyl sites for hydroxylation is 2. The lowest BCUT2D eigenvalue weighted by Gasteiger charge is -2.26. The lowest BCUT2D eigenvalue weighted by Crippen LogP contribution is -2.36. The maximum absolute atomic E-state index is 11.8. The van der Waals surface area contributed by atoms with E-state index in [1.54, 1.807) is 0 Å². The Balaban J connectivity index is 1.72. The van der Waals surface area contributed by atoms with Crippen LogP contribution in [0.25, 0.3) is 0 Å². The number of rotatable bonds is 5. The van der Waals surface area contributed by atoms with E-state index in [1.807, 2.05) is 39.0 Å². The van der Waals surface area contributed by atoms with Crippen molar-refractivity contribution in [3.8, 4) is 5.75 Å². The molecular formula is C18H23N3O3. The van der Waals surface area contributed by atoms with Crippen molar-refractivity contribution in [2.24, 2.45) is 0 Å². The van der Waals surface area contributed by atoms with E-state index < -0.39 is 6.10 Å². The number of anilines is 1. The Labute approximate surface area is 141 Å². The van der Waals surface area contributed by atoms with Crippen LogP contribution in [0.15, 0.2) is 22.7 Å². The Morgan fingerprint density at radius 1 is 1.38 bits per heavy atom. The monoisotopic (exact) mass is 329 g/mol. The number of hydrogen-bond acceptors (Lipinski definition) is 5. The van der Waals surface area contributed by atoms with Gasteiger partial charge in [-0.15, -0.1) is 0 Å². The molecule has 6 heteroatoms. The zero-order valence-electron chi connectivity index (χ0n) is 14.5. The van der Waals surface area contributed by atoms with Crippen LogP contribution in [0.4, 0.5) is 5.69 Å². The summed E-state index contributed by atoms with van der Waals surface area (Å²) < 4.78 is 11.0. The van der Waals surface area contributed by atoms with Crippen molar-refractivity contribution in [1.29, 1.82) is 0 Å². The smallest absolute Gasteiger partial charge is 0.265 e. The van der Waals surface area contributed by atoms with E-state index in [0.29, 0.717) is 13.0 Å². The van der Waals surface area contributed by atoms with Crippen LogP contribution in [0.2, 0.25) is 0 Å². The molecule has 1 aliphatic rings. The SMILES string of the molecule is CC[C@H]1Oc2cc([C@@H](C)NCc3c(C)noc3C)ccc2NC1=O. The van der Waals surface area contributed by atoms with Gasteiger partial charge < -0.3 is 19.9 Å². The second-order valence-electron chi connectivity index (χ2n) is 6.16. The lowest BCUT2D eigenvalue weighted by atomic mass is 10.1. The van der Waals surface area contributed by atoms with Gasteiger partial charge in [0.1, 0.15) is 11.5 Å². The highest BCUT2D eigenvalue weighted by molar-refractivity contribution is 5.97. The third-order valence-corrected chi connectivity index (χ3v) is 4.46. The van der Waals surface area contributed by atoms with Crippen LogP contribution in [0.5, 0.6) is 5.75 Å². The summed E-state index contributed by atoms with van der Waals surface area (Å²) in [4.78, 5) is 11.8. The van der Waals surface area contributed by atoms with Crippen LogP contribution < -0.4 is 15.4 Å². The van der Waals surface area contributed by atoms with E-state index in [1.165, 1.54) is 0 Å². The topological polar surface area (TPSA) is 76.4 Å². The molecule has 0 aliphatic carbocycles. The quantitative estimate of drug-likeness (QED) is 0.880. The molecule has 0 fully saturated rings. The average Bonchev–Trinajstić information content (AvgIpc) is 2.90. The number of hydrogen-bond donors (Lipinski definition) is 2. The maximum Gasteiger partial charge on any atom is 0.265 e. The predicted octanol–water partition coefficient (Wildman–Crippen LogP) is 3.25. The fraction of sp³-hybridized carbons (Fsp3) is 0.444. The van der Waals surface area contributed by atoms with Gasteiger partial charge in [-0.1, -0.05) is 18.1 Å². The largest absolute Gasteiger partial charge is 0.478 e. The summed E-state index contributed by atoms with van der Waals surface area (Å²) in [6, 6.07) is 6.01. The van der Waals surface area contributed by atoms with Crippen LogP contribution in [-0.4, -0.2) is 17.2 Å². The molecule has 1 amide bonds. The lowest BCUT2D eigenvalue weighted by molar-refractivity contribution is -0.123. The van der Waals surface area contributed by atoms with Crippen molar-refractivity contribution in [1.82, 2.24) is 10.5 Å². The Hall–Kier alpha value is -2.34. The van der Waals surface area contributed by atoms with Crippen LogP contribution in [0.3, 0.4) is 0 Å². The van der Waals surface area contributed by atoms with Crippen molar-refractivity contribution in [2.75, 3.05) is 5.32 Å². The number of amides is 1. The molecule has 0 bridgehead atoms. The van der Waals surface area contributed by atoms with E-state index in [0.717, 1.165) is 34.0 Å². The van der Waals surface area contributed by atoms with Crippen LogP contribution in [0.1, 0.15) is 48.9 Å². The van der Waals surface area contributed by atoms with Crippen LogP contribution >= 0.6 is 0 Å². The molecule has 1 aliphatic heterocycles. The minimum Gasteiger partial charge on any atom is -0.478 e. The van der Waals surface area contributed by atoms with E-state index >= 15 is 0 Å². The first kappa shape index (κ1) is 16.5. The summed E-state index contributed by atoms with van der Waals surface area (Å²) in [5.41, 5.74) is 3.83. The van der Waals surface area contributed by atoms with Gasteiger partial charge in [-0.05, 0) is 44.9 Å². The zero-order chi connectivity index (χ0) is 17.3. The molecule has 24 heavy (non-hydrogen) atoms. The van der Waals surface area contributed by atoms with Gasteiger partial charge in [-0.2, -0.15) is 0 Å². The first-order valence-electron chi connectivity index (χ1n) is 8.26. The van der Waals surface area contributed by atoms with Gasteiger partial charge in [-0.3, -0.25) is 4.79 Å². The number of aromatic nitrogens is 1. The summed E-state index contributed by atoms with van der Waals surface area (Å²) in [5.74, 6) is 1.49. The minimum absolute atomic E-state index is 0.0812. The van der Waals surface area contributed by atoms with Crippen LogP contribution in [0, 0.1) is 13.8 Å². The fourth-order valence-electron chi connectivity index (χ4n) is 2.83. The summed E-state index contributed by atoms with van der Waals surface area (Å²) >= 11 is 0. The van der Waals surface area contributed by atoms with Crippen molar-refractivity contribution < 1.29 is 14.1 Å². The molecule has 0 saturated heterocycles. The second kappa shape index (κ2) is 6.65. The number of carbonyl (C=O) groups excluding carboxylic acids is 1. The fourth-order valence-corrected chi connectivity index (χ4v) is 2.83. The van der Waals surface area contributed by atoms with Gasteiger partial charge in [0.15, 0.2) is 6.10 Å². The number of nitrogens with one attached hydrogen (secondary N) is 2. The van der Waals surface area contributed by atoms with Crippen molar-refractivity contribution in [2.45, 2.75) is 52.8 Å². The summed E-state index contributed by atoms with van der Waals surface area (Å²) in [6.07, 6.45) is 0.230. The normalized spacial score (nSPS) is 17.8. The Bertz CT molecular complexity index is 734. The highest BCUT2D eigenvalue weighted by Gasteiger charge is 2.26. The van der Waals surface area contributed by atoms with E-state index in [-0.39, 0.29) is 11.9 Å². The molecule has 2 aromatic rings. The zero-order valence-corrected chi connectivity index (χ0v) is 14.5. The van der Waals surface area contributed by atoms with Gasteiger partial charge in [0, 0.05) is 18.2 Å². The van der Waals surface area contributed by atoms with Crippen molar-refractivity contribution in [3.63, 3.8) is 0 Å². The first-order valence-corrected chi connectivity index (χ1v) is 8.26. The molecule has 0 radical (unpaired) electrons. The highest BCUT2D eigenvalue weighted by atomic mass is 16.5. The molecule has 2 heterocycles. The summed E-state index contributed by atoms with van der Waals surface area (Å²) in [7, 11) is 0. The Kier molecular flexibility index (Phi) is 4.57. The third kappa shape index (κ3) is 3.14. The number of carbonyl (C=O) groups is 1. The third-order valence-electron chi connectivity index (χ3n) is 4.46. The van der Waals surface area contributed by atoms with E-state index in [2.05, 4.69) is 22.7 Å². The molecule has 2 atom stereocenters. The highest BCUT2D eigenvalue weighted by Crippen LogP contribution is 2.33. The average molecular weight is 329 g/mol. The Morgan fingerprint density at radius 3 is 2.83 bits per heavy atom. The van der Waals surface area contributed by atoms with Gasteiger partial charge in [0.25, 0.3) is 5.91 Å². The standard InChI is InChI=1S/C18H23N3O3/c1-5-16-18(22)20-15-7-6-13(8-17(15)23-16)10(2)19-9-14-11(3)21-24-12(14)4/h6-8,10,16,19H,5,9H2,1-4H3,(H,20,22)/t10-,16-/m1/s1. The summed E-state index contributed by atoms with van der Waals surface area (Å²) in [6.45, 7) is 8.58. The first-order chi connectivity index (χ1) is 11.5. The van der Waals surface area contributed by atoms with E-state index in [9.17, 15) is 4.79 Å². The molecule has 0 unspecified atom stereocenters. The van der Waals surface area contributed by atoms with Gasteiger partial charge >= 0.3 is 0 Å². The molecule has 0 spiro atoms. The Morgan fingerprint density at radius 2 is 2.17 bits per heavy atom. The molecule has 128 valence electrons. The van der Waals surface area contributed by atoms with E-state index in [4.69, 9.17) is 9.26 Å². The molecule has 3 rings (SSSR count). The molecule has 1 aromatic carbocycles. The molecule has 2 N–H and O–H groups in total. The predicted molar refractivity (Wildman–Crippen MR) is 91.0 cm³/mol. The van der Waals surface area contributed by atoms with Crippen LogP contribution in [-0.2, 0) is 11.3 Å². The summed E-state index contributed by atoms with van der Waals surface area (Å²) in [5, 5.41) is 10.3. The minimum atomic E-state index is -0.418. The van der Waals surface area contributed by atoms with Gasteiger partial charge in [0.05, 0.1) is 11.4 Å². The van der Waals surface area contributed by atoms with Crippen molar-refractivity contribution in [3.05, 3.63) is 40.8 Å². The number of nitrogens with zero attached hydrogens (tertiary/aromatic N) is 1. The second-order valence-corrected chi connectivity index (χ2v) is 6.16. The van der Waals surface area contributed by atoms with Gasteiger partial charge in [-0.25, -0.2) is 0 Å². The molecule has 1 aromatic heterocycles.